The molecule has 0 bridgehead atoms. The van der Waals surface area contributed by atoms with Crippen molar-refractivity contribution in [2.24, 2.45) is 0 Å². The average molecular weight is 293 g/mol. The van der Waals surface area contributed by atoms with Crippen molar-refractivity contribution in [3.8, 4) is 0 Å². The van der Waals surface area contributed by atoms with Crippen LogP contribution in [0.25, 0.3) is 0 Å². The zero-order valence-corrected chi connectivity index (χ0v) is 12.1. The molecule has 0 aliphatic carbocycles. The fourth-order valence-electron chi connectivity index (χ4n) is 1.87. The van der Waals surface area contributed by atoms with Crippen LogP contribution in [0.4, 0.5) is 4.48 Å². The summed E-state index contributed by atoms with van der Waals surface area (Å²) in [6, 6.07) is 13.9. The van der Waals surface area contributed by atoms with Gasteiger partial charge in [-0.05, 0) is 36.1 Å². The predicted octanol–water partition coefficient (Wildman–Crippen LogP) is 3.63. The molecule has 0 radical (unpaired) electrons. The maximum absolute atomic E-state index is 14.3. The minimum Gasteiger partial charge on any atom is -0.205 e. The minimum atomic E-state index is -4.14. The summed E-state index contributed by atoms with van der Waals surface area (Å²) in [6.45, 7) is 3.36. The Morgan fingerprint density at radius 3 is 2.10 bits per heavy atom. The molecule has 20 heavy (non-hydrogen) atoms. The third-order valence-corrected chi connectivity index (χ3v) is 4.78. The lowest BCUT2D eigenvalue weighted by molar-refractivity contribution is 0.0930. The van der Waals surface area contributed by atoms with Gasteiger partial charge in [0.15, 0.2) is 0 Å². The SMILES string of the molecule is Cc1ccc(S(=O)(=O)N(F)C(C)c2ccccc2)cc1. The molecule has 1 atom stereocenters. The van der Waals surface area contributed by atoms with Crippen LogP contribution in [-0.2, 0) is 10.0 Å². The molecule has 3 nitrogen and oxygen atoms in total. The molecule has 2 aromatic rings. The predicted molar refractivity (Wildman–Crippen MR) is 76.2 cm³/mol. The number of aryl methyl sites for hydroxylation is 1. The van der Waals surface area contributed by atoms with Crippen molar-refractivity contribution < 1.29 is 12.9 Å². The van der Waals surface area contributed by atoms with Crippen LogP contribution in [0, 0.1) is 6.92 Å². The number of rotatable bonds is 4. The van der Waals surface area contributed by atoms with Crippen molar-refractivity contribution in [1.29, 1.82) is 0 Å². The summed E-state index contributed by atoms with van der Waals surface area (Å²) >= 11 is 0. The van der Waals surface area contributed by atoms with Crippen molar-refractivity contribution in [1.82, 2.24) is 4.53 Å². The Bertz CT molecular complexity index is 669. The largest absolute Gasteiger partial charge is 0.269 e. The normalized spacial score (nSPS) is 13.4. The van der Waals surface area contributed by atoms with E-state index in [-0.39, 0.29) is 9.42 Å². The number of halogens is 1. The molecule has 5 heteroatoms. The average Bonchev–Trinajstić information content (AvgIpc) is 2.47. The summed E-state index contributed by atoms with van der Waals surface area (Å²) < 4.78 is 38.6. The maximum atomic E-state index is 14.3. The van der Waals surface area contributed by atoms with E-state index in [1.165, 1.54) is 19.1 Å². The second-order valence-electron chi connectivity index (χ2n) is 4.65. The van der Waals surface area contributed by atoms with Crippen LogP contribution >= 0.6 is 0 Å². The van der Waals surface area contributed by atoms with Crippen molar-refractivity contribution in [3.05, 3.63) is 65.7 Å². The van der Waals surface area contributed by atoms with Crippen molar-refractivity contribution in [2.45, 2.75) is 24.8 Å². The molecule has 0 aliphatic heterocycles. The van der Waals surface area contributed by atoms with E-state index < -0.39 is 16.1 Å². The molecule has 0 amide bonds. The number of benzene rings is 2. The molecule has 0 fully saturated rings. The van der Waals surface area contributed by atoms with Gasteiger partial charge in [-0.3, -0.25) is 0 Å². The second kappa shape index (κ2) is 5.73. The van der Waals surface area contributed by atoms with Crippen LogP contribution in [0.1, 0.15) is 24.1 Å². The van der Waals surface area contributed by atoms with Gasteiger partial charge in [0.25, 0.3) is 10.0 Å². The molecular weight excluding hydrogens is 277 g/mol. The van der Waals surface area contributed by atoms with E-state index in [9.17, 15) is 12.9 Å². The van der Waals surface area contributed by atoms with Crippen LogP contribution in [0.15, 0.2) is 59.5 Å². The van der Waals surface area contributed by atoms with Gasteiger partial charge < -0.3 is 0 Å². The van der Waals surface area contributed by atoms with Gasteiger partial charge >= 0.3 is 0 Å². The van der Waals surface area contributed by atoms with Gasteiger partial charge in [0.1, 0.15) is 0 Å². The molecule has 0 aromatic heterocycles. The van der Waals surface area contributed by atoms with Crippen molar-refractivity contribution in [3.63, 3.8) is 0 Å². The van der Waals surface area contributed by atoms with Crippen molar-refractivity contribution >= 4 is 10.0 Å². The van der Waals surface area contributed by atoms with Gasteiger partial charge in [-0.2, -0.15) is 0 Å². The molecule has 0 saturated carbocycles. The number of hydrogen-bond acceptors (Lipinski definition) is 2. The molecule has 106 valence electrons. The monoisotopic (exact) mass is 293 g/mol. The first-order valence-corrected chi connectivity index (χ1v) is 7.69. The number of sulfonamides is 1. The molecule has 0 aliphatic rings. The second-order valence-corrected chi connectivity index (χ2v) is 6.42. The first-order chi connectivity index (χ1) is 9.43. The topological polar surface area (TPSA) is 37.4 Å². The van der Waals surface area contributed by atoms with Gasteiger partial charge in [0.05, 0.1) is 10.9 Å². The lowest BCUT2D eigenvalue weighted by Gasteiger charge is -2.20. The van der Waals surface area contributed by atoms with Gasteiger partial charge in [-0.1, -0.05) is 48.0 Å². The lowest BCUT2D eigenvalue weighted by Crippen LogP contribution is -2.26. The molecule has 0 saturated heterocycles. The van der Waals surface area contributed by atoms with Gasteiger partial charge in [-0.25, -0.2) is 8.42 Å². The van der Waals surface area contributed by atoms with Crippen LogP contribution in [0.2, 0.25) is 0 Å². The van der Waals surface area contributed by atoms with Crippen LogP contribution in [0.3, 0.4) is 0 Å². The highest BCUT2D eigenvalue weighted by atomic mass is 32.2. The highest BCUT2D eigenvalue weighted by molar-refractivity contribution is 7.89. The standard InChI is InChI=1S/C15H16FNO2S/c1-12-8-10-15(11-9-12)20(18,19)17(16)13(2)14-6-4-3-5-7-14/h3-11,13H,1-2H3. The van der Waals surface area contributed by atoms with Crippen LogP contribution < -0.4 is 0 Å². The minimum absolute atomic E-state index is 0.0478. The Kier molecular flexibility index (Phi) is 4.20. The smallest absolute Gasteiger partial charge is 0.205 e. The fraction of sp³-hybridized carbons (Fsp3) is 0.200. The zero-order valence-electron chi connectivity index (χ0n) is 11.3. The summed E-state index contributed by atoms with van der Waals surface area (Å²) in [5, 5.41) is 0. The third kappa shape index (κ3) is 2.89. The summed E-state index contributed by atoms with van der Waals surface area (Å²) in [5.74, 6) is 0. The highest BCUT2D eigenvalue weighted by Crippen LogP contribution is 2.27. The number of nitrogens with zero attached hydrogens (tertiary/aromatic N) is 1. The van der Waals surface area contributed by atoms with Gasteiger partial charge in [-0.15, -0.1) is 4.48 Å². The first kappa shape index (κ1) is 14.7. The molecule has 0 heterocycles. The Labute approximate surface area is 118 Å². The summed E-state index contributed by atoms with van der Waals surface area (Å²) in [5.41, 5.74) is 1.52. The maximum Gasteiger partial charge on any atom is 0.269 e. The Morgan fingerprint density at radius 2 is 1.55 bits per heavy atom. The van der Waals surface area contributed by atoms with Crippen LogP contribution in [-0.4, -0.2) is 12.9 Å². The Hall–Kier alpha value is -1.72. The third-order valence-electron chi connectivity index (χ3n) is 3.13. The zero-order chi connectivity index (χ0) is 14.8. The van der Waals surface area contributed by atoms with E-state index >= 15 is 0 Å². The summed E-state index contributed by atoms with van der Waals surface area (Å²) in [4.78, 5) is -0.0478. The first-order valence-electron chi connectivity index (χ1n) is 6.25. The van der Waals surface area contributed by atoms with E-state index in [1.54, 1.807) is 42.5 Å². The molecule has 0 N–H and O–H groups in total. The quantitative estimate of drug-likeness (QED) is 0.807. The molecule has 2 rings (SSSR count). The molecule has 2 aromatic carbocycles. The van der Waals surface area contributed by atoms with E-state index in [1.807, 2.05) is 6.92 Å². The van der Waals surface area contributed by atoms with Crippen LogP contribution in [0.5, 0.6) is 0 Å². The highest BCUT2D eigenvalue weighted by Gasteiger charge is 2.30. The molecular formula is C15H16FNO2S. The Morgan fingerprint density at radius 1 is 1.00 bits per heavy atom. The van der Waals surface area contributed by atoms with E-state index in [4.69, 9.17) is 0 Å². The molecule has 1 unspecified atom stereocenters. The van der Waals surface area contributed by atoms with Crippen molar-refractivity contribution in [2.75, 3.05) is 0 Å². The molecule has 0 spiro atoms. The van der Waals surface area contributed by atoms with E-state index in [0.29, 0.717) is 5.56 Å². The van der Waals surface area contributed by atoms with E-state index in [2.05, 4.69) is 0 Å². The summed E-state index contributed by atoms with van der Waals surface area (Å²) in [6.07, 6.45) is 0. The number of hydrogen-bond donors (Lipinski definition) is 0. The van der Waals surface area contributed by atoms with Gasteiger partial charge in [0, 0.05) is 0 Å². The van der Waals surface area contributed by atoms with Gasteiger partial charge in [0.2, 0.25) is 0 Å². The lowest BCUT2D eigenvalue weighted by atomic mass is 10.1. The van der Waals surface area contributed by atoms with E-state index in [0.717, 1.165) is 5.56 Å². The summed E-state index contributed by atoms with van der Waals surface area (Å²) in [7, 11) is -4.14. The fourth-order valence-corrected chi connectivity index (χ4v) is 3.09. The Balaban J connectivity index is 2.32.